The Labute approximate surface area is 160 Å². The van der Waals surface area contributed by atoms with Crippen LogP contribution in [0.4, 0.5) is 0 Å². The van der Waals surface area contributed by atoms with Crippen molar-refractivity contribution >= 4 is 5.78 Å². The average Bonchev–Trinajstić information content (AvgIpc) is 2.95. The van der Waals surface area contributed by atoms with E-state index in [9.17, 15) is 4.79 Å². The van der Waals surface area contributed by atoms with Crippen LogP contribution in [-0.4, -0.2) is 37.3 Å². The van der Waals surface area contributed by atoms with Crippen molar-refractivity contribution in [2.75, 3.05) is 26.9 Å². The van der Waals surface area contributed by atoms with Gasteiger partial charge in [0.2, 0.25) is 5.78 Å². The van der Waals surface area contributed by atoms with Crippen molar-refractivity contribution in [3.8, 4) is 17.6 Å². The van der Waals surface area contributed by atoms with Crippen molar-refractivity contribution in [2.45, 2.75) is 33.7 Å². The summed E-state index contributed by atoms with van der Waals surface area (Å²) in [6.07, 6.45) is 0.889. The van der Waals surface area contributed by atoms with Crippen LogP contribution in [0.3, 0.4) is 0 Å². The predicted molar refractivity (Wildman–Crippen MR) is 103 cm³/mol. The first kappa shape index (κ1) is 20.5. The molecule has 27 heavy (non-hydrogen) atoms. The third-order valence-corrected chi connectivity index (χ3v) is 4.34. The Kier molecular flexibility index (Phi) is 7.44. The number of nitriles is 1. The molecule has 0 aliphatic carbocycles. The number of carbonyl (C=O) groups excluding carboxylic acids is 1. The second-order valence-corrected chi connectivity index (χ2v) is 6.20. The number of Topliss-reactive ketones (excluding diaryl/α,β-unsaturated/α-hetero) is 1. The smallest absolute Gasteiger partial charge is 0.202 e. The molecule has 6 nitrogen and oxygen atoms in total. The highest BCUT2D eigenvalue weighted by atomic mass is 16.5. The second-order valence-electron chi connectivity index (χ2n) is 6.20. The fourth-order valence-electron chi connectivity index (χ4n) is 2.98. The molecule has 0 bridgehead atoms. The molecular weight excluding hydrogens is 344 g/mol. The molecule has 2 rings (SSSR count). The normalized spacial score (nSPS) is 10.5. The summed E-state index contributed by atoms with van der Waals surface area (Å²) < 4.78 is 18.4. The number of hydrogen-bond acceptors (Lipinski definition) is 5. The minimum absolute atomic E-state index is 0.0889. The van der Waals surface area contributed by atoms with Crippen molar-refractivity contribution in [3.05, 3.63) is 46.8 Å². The van der Waals surface area contributed by atoms with E-state index >= 15 is 0 Å². The summed E-state index contributed by atoms with van der Waals surface area (Å²) in [5.41, 5.74) is 3.12. The molecule has 0 fully saturated rings. The zero-order valence-electron chi connectivity index (χ0n) is 16.4. The highest BCUT2D eigenvalue weighted by Crippen LogP contribution is 2.28. The van der Waals surface area contributed by atoms with Crippen molar-refractivity contribution in [1.82, 2.24) is 4.57 Å². The van der Waals surface area contributed by atoms with Gasteiger partial charge in [0.05, 0.1) is 18.2 Å². The highest BCUT2D eigenvalue weighted by Gasteiger charge is 2.17. The molecule has 0 aliphatic rings. The second kappa shape index (κ2) is 9.79. The third-order valence-electron chi connectivity index (χ3n) is 4.34. The Morgan fingerprint density at radius 1 is 1.19 bits per heavy atom. The monoisotopic (exact) mass is 370 g/mol. The topological polar surface area (TPSA) is 73.5 Å². The molecule has 144 valence electrons. The minimum atomic E-state index is -0.0899. The van der Waals surface area contributed by atoms with Crippen LogP contribution >= 0.6 is 0 Å². The van der Waals surface area contributed by atoms with Crippen LogP contribution in [-0.2, 0) is 11.3 Å². The number of ether oxygens (including phenoxy) is 3. The Morgan fingerprint density at radius 3 is 2.63 bits per heavy atom. The van der Waals surface area contributed by atoms with Gasteiger partial charge in [0.25, 0.3) is 0 Å². The average molecular weight is 370 g/mol. The summed E-state index contributed by atoms with van der Waals surface area (Å²) in [6, 6.07) is 8.88. The molecule has 0 N–H and O–H groups in total. The Bertz CT molecular complexity index is 833. The van der Waals surface area contributed by atoms with Crippen LogP contribution in [0, 0.1) is 25.2 Å². The summed E-state index contributed by atoms with van der Waals surface area (Å²) in [6.45, 7) is 7.64. The molecule has 1 aromatic heterocycles. The van der Waals surface area contributed by atoms with Crippen LogP contribution < -0.4 is 9.47 Å². The van der Waals surface area contributed by atoms with Crippen LogP contribution in [0.5, 0.6) is 11.5 Å². The van der Waals surface area contributed by atoms with Gasteiger partial charge < -0.3 is 18.8 Å². The summed E-state index contributed by atoms with van der Waals surface area (Å²) in [5.74, 6) is 0.834. The SMILES string of the molecule is CCOc1cc(C#N)ccc1OCC(=O)c1cc(C)n(CCCOC)c1C. The first-order valence-electron chi connectivity index (χ1n) is 9.00. The van der Waals surface area contributed by atoms with Gasteiger partial charge in [-0.05, 0) is 45.4 Å². The molecule has 0 saturated carbocycles. The largest absolute Gasteiger partial charge is 0.490 e. The van der Waals surface area contributed by atoms with Crippen LogP contribution in [0.2, 0.25) is 0 Å². The first-order chi connectivity index (χ1) is 13.0. The van der Waals surface area contributed by atoms with Crippen LogP contribution in [0.1, 0.15) is 40.7 Å². The number of carbonyl (C=O) groups is 1. The van der Waals surface area contributed by atoms with Gasteiger partial charge in [0, 0.05) is 43.3 Å². The molecule has 0 spiro atoms. The summed E-state index contributed by atoms with van der Waals surface area (Å²) >= 11 is 0. The van der Waals surface area contributed by atoms with Gasteiger partial charge in [-0.15, -0.1) is 0 Å². The maximum absolute atomic E-state index is 12.7. The molecule has 0 atom stereocenters. The van der Waals surface area contributed by atoms with E-state index in [0.717, 1.165) is 24.4 Å². The zero-order valence-corrected chi connectivity index (χ0v) is 16.4. The first-order valence-corrected chi connectivity index (χ1v) is 9.00. The molecule has 2 aromatic rings. The van der Waals surface area contributed by atoms with E-state index in [4.69, 9.17) is 19.5 Å². The van der Waals surface area contributed by atoms with Gasteiger partial charge in [0.15, 0.2) is 18.1 Å². The molecule has 0 radical (unpaired) electrons. The number of benzene rings is 1. The van der Waals surface area contributed by atoms with E-state index in [1.54, 1.807) is 25.3 Å². The number of aryl methyl sites for hydroxylation is 1. The van der Waals surface area contributed by atoms with Gasteiger partial charge in [-0.3, -0.25) is 4.79 Å². The fourth-order valence-corrected chi connectivity index (χ4v) is 2.98. The Morgan fingerprint density at radius 2 is 1.96 bits per heavy atom. The quantitative estimate of drug-likeness (QED) is 0.471. The van der Waals surface area contributed by atoms with Gasteiger partial charge in [-0.1, -0.05) is 0 Å². The number of ketones is 1. The van der Waals surface area contributed by atoms with E-state index in [-0.39, 0.29) is 12.4 Å². The number of nitrogens with zero attached hydrogens (tertiary/aromatic N) is 2. The maximum atomic E-state index is 12.7. The molecule has 0 saturated heterocycles. The lowest BCUT2D eigenvalue weighted by Crippen LogP contribution is -2.14. The molecular formula is C21H26N2O4. The van der Waals surface area contributed by atoms with Gasteiger partial charge >= 0.3 is 0 Å². The predicted octanol–water partition coefficient (Wildman–Crippen LogP) is 3.67. The van der Waals surface area contributed by atoms with Crippen molar-refractivity contribution in [1.29, 1.82) is 5.26 Å². The highest BCUT2D eigenvalue weighted by molar-refractivity contribution is 5.98. The van der Waals surface area contributed by atoms with Gasteiger partial charge in [0.1, 0.15) is 0 Å². The van der Waals surface area contributed by atoms with E-state index in [0.29, 0.717) is 35.8 Å². The summed E-state index contributed by atoms with van der Waals surface area (Å²) in [4.78, 5) is 12.7. The standard InChI is InChI=1S/C21H26N2O4/c1-5-26-21-12-17(13-22)7-8-20(21)27-14-19(24)18-11-15(2)23(16(18)3)9-6-10-25-4/h7-8,11-12H,5-6,9-10,14H2,1-4H3. The molecule has 1 aromatic carbocycles. The lowest BCUT2D eigenvalue weighted by atomic mass is 10.1. The van der Waals surface area contributed by atoms with E-state index in [2.05, 4.69) is 10.6 Å². The summed E-state index contributed by atoms with van der Waals surface area (Å²) in [7, 11) is 1.68. The van der Waals surface area contributed by atoms with Crippen molar-refractivity contribution in [2.24, 2.45) is 0 Å². The maximum Gasteiger partial charge on any atom is 0.202 e. The fraction of sp³-hybridized carbons (Fsp3) is 0.429. The van der Waals surface area contributed by atoms with Crippen molar-refractivity contribution in [3.63, 3.8) is 0 Å². The third kappa shape index (κ3) is 5.11. The van der Waals surface area contributed by atoms with E-state index < -0.39 is 0 Å². The van der Waals surface area contributed by atoms with Crippen molar-refractivity contribution < 1.29 is 19.0 Å². The molecule has 0 aliphatic heterocycles. The molecule has 6 heteroatoms. The minimum Gasteiger partial charge on any atom is -0.490 e. The summed E-state index contributed by atoms with van der Waals surface area (Å²) in [5, 5.41) is 9.01. The zero-order chi connectivity index (χ0) is 19.8. The van der Waals surface area contributed by atoms with Gasteiger partial charge in [-0.25, -0.2) is 0 Å². The Balaban J connectivity index is 2.10. The Hall–Kier alpha value is -2.78. The van der Waals surface area contributed by atoms with Crippen LogP contribution in [0.25, 0.3) is 0 Å². The van der Waals surface area contributed by atoms with Crippen LogP contribution in [0.15, 0.2) is 24.3 Å². The number of rotatable bonds is 10. The molecule has 0 unspecified atom stereocenters. The van der Waals surface area contributed by atoms with Gasteiger partial charge in [-0.2, -0.15) is 5.26 Å². The number of hydrogen-bond donors (Lipinski definition) is 0. The number of methoxy groups -OCH3 is 1. The lowest BCUT2D eigenvalue weighted by molar-refractivity contribution is 0.0918. The molecule has 1 heterocycles. The number of aromatic nitrogens is 1. The molecule has 0 amide bonds. The lowest BCUT2D eigenvalue weighted by Gasteiger charge is -2.12. The van der Waals surface area contributed by atoms with E-state index in [1.807, 2.05) is 26.8 Å². The van der Waals surface area contributed by atoms with E-state index in [1.165, 1.54) is 0 Å².